The molecule has 174 valence electrons. The molecule has 0 aliphatic heterocycles. The first kappa shape index (κ1) is 25.2. The lowest BCUT2D eigenvalue weighted by Crippen LogP contribution is -2.38. The quantitative estimate of drug-likeness (QED) is 0.425. The van der Waals surface area contributed by atoms with Crippen molar-refractivity contribution in [3.05, 3.63) is 92.5 Å². The van der Waals surface area contributed by atoms with E-state index in [4.69, 9.17) is 23.2 Å². The van der Waals surface area contributed by atoms with Gasteiger partial charge in [0.05, 0.1) is 27.2 Å². The van der Waals surface area contributed by atoms with E-state index in [-0.39, 0.29) is 27.2 Å². The molecule has 1 N–H and O–H groups in total. The third-order valence-electron chi connectivity index (χ3n) is 5.23. The van der Waals surface area contributed by atoms with Crippen LogP contribution in [0.25, 0.3) is 0 Å². The molecular weight excluding hydrogens is 479 g/mol. The molecule has 0 saturated heterocycles. The molecular formula is C25H26Cl2N2O3S. The smallest absolute Gasteiger partial charge is 0.244 e. The minimum Gasteiger partial charge on any atom is -0.322 e. The van der Waals surface area contributed by atoms with E-state index >= 15 is 0 Å². The van der Waals surface area contributed by atoms with Gasteiger partial charge in [0.2, 0.25) is 15.9 Å². The number of anilines is 1. The summed E-state index contributed by atoms with van der Waals surface area (Å²) in [5, 5.41) is 3.20. The number of carbonyl (C=O) groups is 1. The molecule has 0 bridgehead atoms. The van der Waals surface area contributed by atoms with Crippen molar-refractivity contribution >= 4 is 44.8 Å². The molecule has 3 rings (SSSR count). The van der Waals surface area contributed by atoms with Gasteiger partial charge < -0.3 is 5.32 Å². The fourth-order valence-electron chi connectivity index (χ4n) is 3.78. The van der Waals surface area contributed by atoms with Crippen LogP contribution in [-0.4, -0.2) is 25.2 Å². The number of sulfonamides is 1. The SMILES string of the molecule is Cc1ccc(CN(CC(=O)Nc2c(Cl)cccc2Cl)S(=O)(=O)c2c(C)cc(C)cc2C)cc1. The topological polar surface area (TPSA) is 66.5 Å². The number of nitrogens with zero attached hydrogens (tertiary/aromatic N) is 1. The van der Waals surface area contributed by atoms with E-state index in [1.165, 1.54) is 4.31 Å². The molecule has 0 aliphatic rings. The van der Waals surface area contributed by atoms with Crippen LogP contribution < -0.4 is 5.32 Å². The van der Waals surface area contributed by atoms with Gasteiger partial charge in [-0.15, -0.1) is 0 Å². The molecule has 0 heterocycles. The third kappa shape index (κ3) is 5.95. The van der Waals surface area contributed by atoms with Crippen LogP contribution in [0.2, 0.25) is 10.0 Å². The molecule has 0 fully saturated rings. The van der Waals surface area contributed by atoms with Crippen molar-refractivity contribution in [1.29, 1.82) is 0 Å². The van der Waals surface area contributed by atoms with E-state index in [0.717, 1.165) is 16.7 Å². The Labute approximate surface area is 205 Å². The van der Waals surface area contributed by atoms with Crippen LogP contribution >= 0.6 is 23.2 Å². The molecule has 0 saturated carbocycles. The molecule has 5 nitrogen and oxygen atoms in total. The fourth-order valence-corrected chi connectivity index (χ4v) is 6.07. The normalized spacial score (nSPS) is 11.6. The van der Waals surface area contributed by atoms with E-state index in [0.29, 0.717) is 11.1 Å². The number of halogens is 2. The van der Waals surface area contributed by atoms with E-state index in [2.05, 4.69) is 5.32 Å². The van der Waals surface area contributed by atoms with E-state index in [1.54, 1.807) is 32.0 Å². The number of nitrogens with one attached hydrogen (secondary N) is 1. The number of hydrogen-bond donors (Lipinski definition) is 1. The van der Waals surface area contributed by atoms with Crippen molar-refractivity contribution in [1.82, 2.24) is 4.31 Å². The maximum atomic E-state index is 13.8. The van der Waals surface area contributed by atoms with Crippen LogP contribution in [0.1, 0.15) is 27.8 Å². The zero-order chi connectivity index (χ0) is 24.3. The van der Waals surface area contributed by atoms with Gasteiger partial charge >= 0.3 is 0 Å². The first-order valence-electron chi connectivity index (χ1n) is 10.4. The van der Waals surface area contributed by atoms with E-state index in [1.807, 2.05) is 50.2 Å². The highest BCUT2D eigenvalue weighted by Gasteiger charge is 2.30. The summed E-state index contributed by atoms with van der Waals surface area (Å²) in [6.45, 7) is 7.05. The summed E-state index contributed by atoms with van der Waals surface area (Å²) in [6, 6.07) is 16.0. The van der Waals surface area contributed by atoms with E-state index < -0.39 is 22.5 Å². The standard InChI is InChI=1S/C25H26Cl2N2O3S/c1-16-8-10-20(11-9-16)14-29(15-23(30)28-24-21(26)6-5-7-22(24)27)33(31,32)25-18(3)12-17(2)13-19(25)4/h5-13H,14-15H2,1-4H3,(H,28,30). The van der Waals surface area contributed by atoms with Crippen LogP contribution in [0.4, 0.5) is 5.69 Å². The van der Waals surface area contributed by atoms with Crippen molar-refractivity contribution in [3.8, 4) is 0 Å². The number of rotatable bonds is 7. The van der Waals surface area contributed by atoms with Gasteiger partial charge in [0, 0.05) is 6.54 Å². The average molecular weight is 505 g/mol. The molecule has 3 aromatic rings. The second-order valence-corrected chi connectivity index (χ2v) is 10.8. The van der Waals surface area contributed by atoms with Crippen molar-refractivity contribution in [2.45, 2.75) is 39.1 Å². The van der Waals surface area contributed by atoms with Gasteiger partial charge in [0.1, 0.15) is 0 Å². The number of benzene rings is 3. The molecule has 0 atom stereocenters. The number of carbonyl (C=O) groups excluding carboxylic acids is 1. The molecule has 0 spiro atoms. The van der Waals surface area contributed by atoms with Gasteiger partial charge in [-0.3, -0.25) is 4.79 Å². The van der Waals surface area contributed by atoms with Crippen molar-refractivity contribution in [2.75, 3.05) is 11.9 Å². The predicted molar refractivity (Wildman–Crippen MR) is 135 cm³/mol. The summed E-state index contributed by atoms with van der Waals surface area (Å²) < 4.78 is 28.7. The highest BCUT2D eigenvalue weighted by Crippen LogP contribution is 2.30. The lowest BCUT2D eigenvalue weighted by Gasteiger charge is -2.24. The second-order valence-electron chi connectivity index (χ2n) is 8.13. The first-order valence-corrected chi connectivity index (χ1v) is 12.6. The number of aryl methyl sites for hydroxylation is 4. The molecule has 0 aliphatic carbocycles. The molecule has 0 unspecified atom stereocenters. The van der Waals surface area contributed by atoms with E-state index in [9.17, 15) is 13.2 Å². The first-order chi connectivity index (χ1) is 15.5. The largest absolute Gasteiger partial charge is 0.322 e. The summed E-state index contributed by atoms with van der Waals surface area (Å²) >= 11 is 12.3. The lowest BCUT2D eigenvalue weighted by molar-refractivity contribution is -0.116. The van der Waals surface area contributed by atoms with Gasteiger partial charge in [0.15, 0.2) is 0 Å². The highest BCUT2D eigenvalue weighted by atomic mass is 35.5. The third-order valence-corrected chi connectivity index (χ3v) is 7.96. The van der Waals surface area contributed by atoms with Crippen LogP contribution in [0.5, 0.6) is 0 Å². The Kier molecular flexibility index (Phi) is 7.85. The summed E-state index contributed by atoms with van der Waals surface area (Å²) in [5.41, 5.74) is 4.33. The Bertz CT molecular complexity index is 1250. The van der Waals surface area contributed by atoms with Crippen LogP contribution in [0.3, 0.4) is 0 Å². The minimum atomic E-state index is -3.99. The van der Waals surface area contributed by atoms with Gasteiger partial charge in [-0.2, -0.15) is 4.31 Å². The fraction of sp³-hybridized carbons (Fsp3) is 0.240. The average Bonchev–Trinajstić information content (AvgIpc) is 2.71. The van der Waals surface area contributed by atoms with Gasteiger partial charge in [-0.05, 0) is 56.5 Å². The summed E-state index contributed by atoms with van der Waals surface area (Å²) in [5.74, 6) is -0.539. The highest BCUT2D eigenvalue weighted by molar-refractivity contribution is 7.89. The molecule has 0 radical (unpaired) electrons. The molecule has 8 heteroatoms. The summed E-state index contributed by atoms with van der Waals surface area (Å²) in [7, 11) is -3.99. The summed E-state index contributed by atoms with van der Waals surface area (Å²) in [6.07, 6.45) is 0. The minimum absolute atomic E-state index is 0.0407. The van der Waals surface area contributed by atoms with Crippen molar-refractivity contribution in [3.63, 3.8) is 0 Å². The Balaban J connectivity index is 1.99. The zero-order valence-corrected chi connectivity index (χ0v) is 21.3. The van der Waals surface area contributed by atoms with Crippen molar-refractivity contribution < 1.29 is 13.2 Å². The summed E-state index contributed by atoms with van der Waals surface area (Å²) in [4.78, 5) is 13.2. The molecule has 1 amide bonds. The second kappa shape index (κ2) is 10.3. The monoisotopic (exact) mass is 504 g/mol. The number of para-hydroxylation sites is 1. The molecule has 0 aromatic heterocycles. The predicted octanol–water partition coefficient (Wildman–Crippen LogP) is 6.06. The molecule has 33 heavy (non-hydrogen) atoms. The van der Waals surface area contributed by atoms with Gasteiger partial charge in [0.25, 0.3) is 0 Å². The van der Waals surface area contributed by atoms with Crippen LogP contribution in [0, 0.1) is 27.7 Å². The van der Waals surface area contributed by atoms with Crippen molar-refractivity contribution in [2.24, 2.45) is 0 Å². The Morgan fingerprint density at radius 3 is 1.97 bits per heavy atom. The molecule has 3 aromatic carbocycles. The maximum absolute atomic E-state index is 13.8. The maximum Gasteiger partial charge on any atom is 0.244 e. The van der Waals surface area contributed by atoms with Gasteiger partial charge in [-0.25, -0.2) is 8.42 Å². The number of hydrogen-bond acceptors (Lipinski definition) is 3. The van der Waals surface area contributed by atoms with Crippen LogP contribution in [0.15, 0.2) is 59.5 Å². The Morgan fingerprint density at radius 1 is 0.879 bits per heavy atom. The number of amides is 1. The van der Waals surface area contributed by atoms with Gasteiger partial charge in [-0.1, -0.05) is 76.8 Å². The zero-order valence-electron chi connectivity index (χ0n) is 18.9. The van der Waals surface area contributed by atoms with Crippen LogP contribution in [-0.2, 0) is 21.4 Å². The lowest BCUT2D eigenvalue weighted by atomic mass is 10.1. The Hall–Kier alpha value is -2.38. The Morgan fingerprint density at radius 2 is 1.42 bits per heavy atom.